The van der Waals surface area contributed by atoms with Crippen LogP contribution in [-0.2, 0) is 0 Å². The molecule has 1 heterocycles. The molecule has 0 atom stereocenters. The van der Waals surface area contributed by atoms with E-state index in [1.165, 1.54) is 6.20 Å². The van der Waals surface area contributed by atoms with Crippen LogP contribution in [0.4, 0.5) is 5.69 Å². The fourth-order valence-electron chi connectivity index (χ4n) is 2.61. The van der Waals surface area contributed by atoms with Crippen molar-refractivity contribution in [2.45, 2.75) is 18.9 Å². The van der Waals surface area contributed by atoms with Gasteiger partial charge in [0.15, 0.2) is 0 Å². The van der Waals surface area contributed by atoms with Crippen LogP contribution in [-0.4, -0.2) is 33.8 Å². The highest BCUT2D eigenvalue weighted by molar-refractivity contribution is 6.04. The molecule has 2 aromatic rings. The lowest BCUT2D eigenvalue weighted by molar-refractivity contribution is 0.0486. The van der Waals surface area contributed by atoms with Crippen LogP contribution in [0.1, 0.15) is 23.2 Å². The minimum absolute atomic E-state index is 0.184. The van der Waals surface area contributed by atoms with Crippen LogP contribution in [0.2, 0.25) is 0 Å². The van der Waals surface area contributed by atoms with Crippen LogP contribution in [0.25, 0.3) is 10.9 Å². The molecule has 1 fully saturated rings. The van der Waals surface area contributed by atoms with Gasteiger partial charge in [0, 0.05) is 18.1 Å². The highest BCUT2D eigenvalue weighted by Gasteiger charge is 2.27. The molecule has 1 saturated carbocycles. The van der Waals surface area contributed by atoms with Crippen molar-refractivity contribution in [1.82, 2.24) is 4.98 Å². The summed E-state index contributed by atoms with van der Waals surface area (Å²) in [5.41, 5.74) is 1.57. The quantitative estimate of drug-likeness (QED) is 0.794. The summed E-state index contributed by atoms with van der Waals surface area (Å²) in [6.07, 6.45) is 2.74. The Balaban J connectivity index is 1.92. The summed E-state index contributed by atoms with van der Waals surface area (Å²) < 4.78 is 0. The Hall–Kier alpha value is -2.14. The van der Waals surface area contributed by atoms with Gasteiger partial charge < -0.3 is 15.5 Å². The second-order valence-electron chi connectivity index (χ2n) is 5.24. The number of hydrogen-bond acceptors (Lipinski definition) is 4. The van der Waals surface area contributed by atoms with Crippen molar-refractivity contribution >= 4 is 22.6 Å². The van der Waals surface area contributed by atoms with Gasteiger partial charge in [-0.3, -0.25) is 4.98 Å². The first-order valence-electron chi connectivity index (χ1n) is 6.68. The molecule has 0 amide bonds. The summed E-state index contributed by atoms with van der Waals surface area (Å²) in [7, 11) is 0. The number of para-hydroxylation sites is 1. The maximum absolute atomic E-state index is 11.3. The highest BCUT2D eigenvalue weighted by Crippen LogP contribution is 2.30. The van der Waals surface area contributed by atoms with Crippen molar-refractivity contribution in [1.29, 1.82) is 0 Å². The van der Waals surface area contributed by atoms with Gasteiger partial charge in [0.2, 0.25) is 0 Å². The van der Waals surface area contributed by atoms with Crippen LogP contribution in [0.3, 0.4) is 0 Å². The largest absolute Gasteiger partial charge is 0.478 e. The number of carboxylic acid groups (broad SMARTS) is 1. The lowest BCUT2D eigenvalue weighted by atomic mass is 9.82. The van der Waals surface area contributed by atoms with Crippen molar-refractivity contribution in [3.05, 3.63) is 36.0 Å². The predicted octanol–water partition coefficient (Wildman–Crippen LogP) is 2.12. The molecule has 0 spiro atoms. The Labute approximate surface area is 116 Å². The van der Waals surface area contributed by atoms with Crippen molar-refractivity contribution in [2.24, 2.45) is 5.92 Å². The molecule has 1 aliphatic rings. The minimum atomic E-state index is -0.987. The number of carboxylic acids is 1. The van der Waals surface area contributed by atoms with E-state index < -0.39 is 5.97 Å². The van der Waals surface area contributed by atoms with Crippen molar-refractivity contribution in [2.75, 3.05) is 11.9 Å². The van der Waals surface area contributed by atoms with Gasteiger partial charge in [-0.1, -0.05) is 18.2 Å². The number of fused-ring (bicyclic) bond motifs is 1. The SMILES string of the molecule is O=C(O)c1cnc2ccccc2c1NCC1CC(O)C1. The number of carbonyl (C=O) groups is 1. The standard InChI is InChI=1S/C15H16N2O3/c18-10-5-9(6-10)7-17-14-11-3-1-2-4-13(11)16-8-12(14)15(19)20/h1-4,8-10,18H,5-7H2,(H,16,17)(H,19,20). The number of hydrogen-bond donors (Lipinski definition) is 3. The lowest BCUT2D eigenvalue weighted by Gasteiger charge is -2.32. The summed E-state index contributed by atoms with van der Waals surface area (Å²) in [5, 5.41) is 22.6. The topological polar surface area (TPSA) is 82.5 Å². The van der Waals surface area contributed by atoms with Gasteiger partial charge in [-0.25, -0.2) is 4.79 Å². The van der Waals surface area contributed by atoms with Crippen molar-refractivity contribution < 1.29 is 15.0 Å². The van der Waals surface area contributed by atoms with Crippen molar-refractivity contribution in [3.63, 3.8) is 0 Å². The molecular weight excluding hydrogens is 256 g/mol. The lowest BCUT2D eigenvalue weighted by Crippen LogP contribution is -2.33. The number of benzene rings is 1. The molecule has 104 valence electrons. The van der Waals surface area contributed by atoms with E-state index in [-0.39, 0.29) is 11.7 Å². The number of aromatic carboxylic acids is 1. The summed E-state index contributed by atoms with van der Waals surface area (Å²) in [6.45, 7) is 0.672. The molecule has 1 aromatic heterocycles. The molecule has 3 N–H and O–H groups in total. The zero-order valence-corrected chi connectivity index (χ0v) is 10.9. The Bertz CT molecular complexity index is 651. The Morgan fingerprint density at radius 1 is 1.35 bits per heavy atom. The fraction of sp³-hybridized carbons (Fsp3) is 0.333. The van der Waals surface area contributed by atoms with E-state index in [1.807, 2.05) is 24.3 Å². The van der Waals surface area contributed by atoms with Crippen LogP contribution in [0, 0.1) is 5.92 Å². The molecule has 1 aliphatic carbocycles. The molecule has 5 heteroatoms. The van der Waals surface area contributed by atoms with Crippen LogP contribution in [0.5, 0.6) is 0 Å². The normalized spacial score (nSPS) is 21.4. The fourth-order valence-corrected chi connectivity index (χ4v) is 2.61. The van der Waals surface area contributed by atoms with E-state index in [0.29, 0.717) is 18.2 Å². The first-order valence-corrected chi connectivity index (χ1v) is 6.68. The second-order valence-corrected chi connectivity index (χ2v) is 5.24. The van der Waals surface area contributed by atoms with E-state index in [0.717, 1.165) is 23.7 Å². The second kappa shape index (κ2) is 5.09. The number of pyridine rings is 1. The third kappa shape index (κ3) is 2.32. The molecule has 20 heavy (non-hydrogen) atoms. The zero-order valence-electron chi connectivity index (χ0n) is 10.9. The smallest absolute Gasteiger partial charge is 0.339 e. The molecule has 0 aliphatic heterocycles. The average molecular weight is 272 g/mol. The van der Waals surface area contributed by atoms with Gasteiger partial charge in [-0.2, -0.15) is 0 Å². The third-order valence-corrected chi connectivity index (χ3v) is 3.78. The van der Waals surface area contributed by atoms with E-state index >= 15 is 0 Å². The van der Waals surface area contributed by atoms with Crippen LogP contribution in [0.15, 0.2) is 30.5 Å². The molecule has 0 bridgehead atoms. The monoisotopic (exact) mass is 272 g/mol. The zero-order chi connectivity index (χ0) is 14.1. The number of rotatable bonds is 4. The number of aromatic nitrogens is 1. The molecule has 0 unspecified atom stereocenters. The summed E-state index contributed by atoms with van der Waals surface area (Å²) in [5.74, 6) is -0.585. The summed E-state index contributed by atoms with van der Waals surface area (Å²) in [4.78, 5) is 15.5. The maximum Gasteiger partial charge on any atom is 0.339 e. The summed E-state index contributed by atoms with van der Waals surface area (Å²) >= 11 is 0. The number of nitrogens with one attached hydrogen (secondary N) is 1. The number of anilines is 1. The molecular formula is C15H16N2O3. The Kier molecular flexibility index (Phi) is 3.28. The Morgan fingerprint density at radius 3 is 2.80 bits per heavy atom. The van der Waals surface area contributed by atoms with Gasteiger partial charge in [0.05, 0.1) is 17.3 Å². The number of aliphatic hydroxyl groups excluding tert-OH is 1. The molecule has 3 rings (SSSR count). The van der Waals surface area contributed by atoms with E-state index in [2.05, 4.69) is 10.3 Å². The average Bonchev–Trinajstić information content (AvgIpc) is 2.41. The first kappa shape index (κ1) is 12.9. The summed E-state index contributed by atoms with van der Waals surface area (Å²) in [6, 6.07) is 7.47. The predicted molar refractivity (Wildman–Crippen MR) is 75.9 cm³/mol. The van der Waals surface area contributed by atoms with Crippen molar-refractivity contribution in [3.8, 4) is 0 Å². The Morgan fingerprint density at radius 2 is 2.10 bits per heavy atom. The van der Waals surface area contributed by atoms with Gasteiger partial charge in [-0.15, -0.1) is 0 Å². The van der Waals surface area contributed by atoms with E-state index in [9.17, 15) is 15.0 Å². The third-order valence-electron chi connectivity index (χ3n) is 3.78. The molecule has 1 aromatic carbocycles. The van der Waals surface area contributed by atoms with Gasteiger partial charge in [0.1, 0.15) is 5.56 Å². The number of aliphatic hydroxyl groups is 1. The van der Waals surface area contributed by atoms with E-state index in [4.69, 9.17) is 0 Å². The molecule has 0 radical (unpaired) electrons. The van der Waals surface area contributed by atoms with Gasteiger partial charge >= 0.3 is 5.97 Å². The van der Waals surface area contributed by atoms with Gasteiger partial charge in [-0.05, 0) is 24.8 Å². The maximum atomic E-state index is 11.3. The highest BCUT2D eigenvalue weighted by atomic mass is 16.4. The van der Waals surface area contributed by atoms with Gasteiger partial charge in [0.25, 0.3) is 0 Å². The minimum Gasteiger partial charge on any atom is -0.478 e. The molecule has 5 nitrogen and oxygen atoms in total. The molecule has 0 saturated heterocycles. The number of nitrogens with zero attached hydrogens (tertiary/aromatic N) is 1. The van der Waals surface area contributed by atoms with Crippen LogP contribution < -0.4 is 5.32 Å². The van der Waals surface area contributed by atoms with Crippen LogP contribution >= 0.6 is 0 Å². The van der Waals surface area contributed by atoms with E-state index in [1.54, 1.807) is 0 Å². The first-order chi connectivity index (χ1) is 9.65.